The maximum absolute atomic E-state index is 12.6. The molecule has 0 aliphatic rings. The van der Waals surface area contributed by atoms with Crippen LogP contribution in [0.5, 0.6) is 5.75 Å². The summed E-state index contributed by atoms with van der Waals surface area (Å²) in [5.74, 6) is -1.08. The van der Waals surface area contributed by atoms with Crippen molar-refractivity contribution in [2.75, 3.05) is 0 Å². The Morgan fingerprint density at radius 1 is 0.532 bits per heavy atom. The molecule has 0 aliphatic carbocycles. The highest BCUT2D eigenvalue weighted by atomic mass is 16.3. The first kappa shape index (κ1) is 21.7. The third-order valence-corrected chi connectivity index (χ3v) is 10.8. The van der Waals surface area contributed by atoms with Crippen LogP contribution >= 0.6 is 0 Å². The van der Waals surface area contributed by atoms with Crippen LogP contribution in [0.2, 0.25) is 0 Å². The van der Waals surface area contributed by atoms with E-state index in [1.807, 2.05) is 90.1 Å². The number of imidazole rings is 1. The second-order valence-corrected chi connectivity index (χ2v) is 17.5. The molecule has 2 heterocycles. The molecule has 0 saturated carbocycles. The normalized spacial score (nSPS) is 19.7. The number of benzene rings is 6. The van der Waals surface area contributed by atoms with Gasteiger partial charge in [-0.15, -0.1) is 0 Å². The zero-order chi connectivity index (χ0) is 65.4. The van der Waals surface area contributed by atoms with Crippen LogP contribution in [0.3, 0.4) is 0 Å². The summed E-state index contributed by atoms with van der Waals surface area (Å²) in [5.41, 5.74) is -8.53. The molecule has 8 aromatic rings. The fourth-order valence-electron chi connectivity index (χ4n) is 7.39. The average Bonchev–Trinajstić information content (AvgIpc) is 0.855. The summed E-state index contributed by atoms with van der Waals surface area (Å²) >= 11 is 0. The van der Waals surface area contributed by atoms with Gasteiger partial charge in [0.15, 0.2) is 0 Å². The lowest BCUT2D eigenvalue weighted by Crippen LogP contribution is -2.12. The molecule has 0 atom stereocenters. The molecule has 0 aliphatic heterocycles. The van der Waals surface area contributed by atoms with Gasteiger partial charge in [-0.05, 0) is 115 Å². The van der Waals surface area contributed by atoms with Gasteiger partial charge in [-0.1, -0.05) is 174 Å². The van der Waals surface area contributed by atoms with E-state index in [0.717, 1.165) is 17.2 Å². The van der Waals surface area contributed by atoms with Crippen LogP contribution in [0.4, 0.5) is 0 Å². The predicted octanol–water partition coefficient (Wildman–Crippen LogP) is 15.7. The molecule has 2 aromatic heterocycles. The highest BCUT2D eigenvalue weighted by Crippen LogP contribution is 2.44. The van der Waals surface area contributed by atoms with Crippen molar-refractivity contribution in [3.05, 3.63) is 168 Å². The molecule has 0 unspecified atom stereocenters. The van der Waals surface area contributed by atoms with Gasteiger partial charge in [0.1, 0.15) is 11.6 Å². The second kappa shape index (κ2) is 15.6. The summed E-state index contributed by atoms with van der Waals surface area (Å²) in [4.78, 5) is 9.54. The van der Waals surface area contributed by atoms with Crippen LogP contribution in [0, 0.1) is 0 Å². The molecule has 314 valence electrons. The first-order valence-corrected chi connectivity index (χ1v) is 19.9. The Morgan fingerprint density at radius 2 is 1.21 bits per heavy atom. The summed E-state index contributed by atoms with van der Waals surface area (Å²) in [7, 11) is 0. The summed E-state index contributed by atoms with van der Waals surface area (Å²) in [6.45, 7) is -11.5. The largest absolute Gasteiger partial charge is 0.507 e. The highest BCUT2D eigenvalue weighted by Gasteiger charge is 2.27. The second-order valence-electron chi connectivity index (χ2n) is 17.5. The Labute approximate surface area is 404 Å². The van der Waals surface area contributed by atoms with Crippen LogP contribution in [0.1, 0.15) is 139 Å². The number of para-hydroxylation sites is 2. The molecule has 0 saturated heterocycles. The van der Waals surface area contributed by atoms with Crippen LogP contribution in [0.15, 0.2) is 146 Å². The van der Waals surface area contributed by atoms with E-state index in [2.05, 4.69) is 4.98 Å². The zero-order valence-corrected chi connectivity index (χ0v) is 35.1. The predicted molar refractivity (Wildman–Crippen MR) is 263 cm³/mol. The van der Waals surface area contributed by atoms with Gasteiger partial charge in [0.2, 0.25) is 0 Å². The van der Waals surface area contributed by atoms with E-state index in [-0.39, 0.29) is 33.6 Å². The van der Waals surface area contributed by atoms with Crippen molar-refractivity contribution in [2.45, 2.75) is 104 Å². The molecule has 8 rings (SSSR count). The highest BCUT2D eigenvalue weighted by molar-refractivity contribution is 5.98. The first-order valence-electron chi connectivity index (χ1n) is 32.4. The van der Waals surface area contributed by atoms with Crippen LogP contribution in [-0.4, -0.2) is 19.6 Å². The Bertz CT molecular complexity index is 3920. The number of phenolic OH excluding ortho intramolecular Hbond substituents is 1. The van der Waals surface area contributed by atoms with Crippen molar-refractivity contribution < 1.29 is 39.4 Å². The van der Waals surface area contributed by atoms with Crippen molar-refractivity contribution >= 4 is 11.0 Å². The van der Waals surface area contributed by atoms with Crippen LogP contribution < -0.4 is 0 Å². The van der Waals surface area contributed by atoms with Gasteiger partial charge in [0.05, 0.1) is 37.6 Å². The fourth-order valence-corrected chi connectivity index (χ4v) is 7.39. The van der Waals surface area contributed by atoms with E-state index >= 15 is 0 Å². The van der Waals surface area contributed by atoms with Gasteiger partial charge >= 0.3 is 0 Å². The fraction of sp³-hybridized carbons (Fsp3) is 0.276. The van der Waals surface area contributed by atoms with Gasteiger partial charge in [-0.3, -0.25) is 9.55 Å². The van der Waals surface area contributed by atoms with E-state index < -0.39 is 128 Å². The van der Waals surface area contributed by atoms with Crippen LogP contribution in [0.25, 0.3) is 72.7 Å². The van der Waals surface area contributed by atoms with Gasteiger partial charge in [0, 0.05) is 47.5 Å². The summed E-state index contributed by atoms with van der Waals surface area (Å²) < 4.78 is 217. The Morgan fingerprint density at radius 3 is 1.90 bits per heavy atom. The minimum Gasteiger partial charge on any atom is -0.507 e. The van der Waals surface area contributed by atoms with Crippen molar-refractivity contribution in [2.24, 2.45) is 0 Å². The monoisotopic (exact) mass is 841 g/mol. The zero-order valence-electron chi connectivity index (χ0n) is 60.1. The van der Waals surface area contributed by atoms with Crippen molar-refractivity contribution in [3.8, 4) is 67.5 Å². The topological polar surface area (TPSA) is 50.9 Å². The van der Waals surface area contributed by atoms with Gasteiger partial charge in [0.25, 0.3) is 0 Å². The molecule has 0 fully saturated rings. The molecule has 4 heteroatoms. The van der Waals surface area contributed by atoms with Crippen LogP contribution in [-0.2, 0) is 21.7 Å². The number of phenols is 1. The van der Waals surface area contributed by atoms with E-state index in [4.69, 9.17) is 35.1 Å². The Balaban J connectivity index is 1.49. The minimum absolute atomic E-state index is 0.0929. The number of rotatable bonds is 6. The molecule has 4 nitrogen and oxygen atoms in total. The smallest absolute Gasteiger partial charge is 0.149 e. The number of hydrogen-bond donors (Lipinski definition) is 1. The number of aromatic hydroxyl groups is 1. The minimum atomic E-state index is -3.98. The number of fused-ring (bicyclic) bond motifs is 1. The Hall–Kier alpha value is -6.26. The van der Waals surface area contributed by atoms with Crippen molar-refractivity contribution in [1.29, 1.82) is 0 Å². The average molecular weight is 841 g/mol. The number of hydrogen-bond acceptors (Lipinski definition) is 3. The van der Waals surface area contributed by atoms with Gasteiger partial charge in [-0.2, -0.15) is 0 Å². The van der Waals surface area contributed by atoms with E-state index in [0.29, 0.717) is 33.5 Å². The van der Waals surface area contributed by atoms with Crippen molar-refractivity contribution in [1.82, 2.24) is 14.5 Å². The lowest BCUT2D eigenvalue weighted by atomic mass is 9.83. The molecular weight excluding hydrogens is 755 g/mol. The molecule has 1 N–H and O–H groups in total. The molecule has 0 spiro atoms. The van der Waals surface area contributed by atoms with E-state index in [1.54, 1.807) is 41.0 Å². The molecule has 0 amide bonds. The van der Waals surface area contributed by atoms with Crippen molar-refractivity contribution in [3.63, 3.8) is 0 Å². The molecule has 0 radical (unpaired) electrons. The van der Waals surface area contributed by atoms with Gasteiger partial charge < -0.3 is 5.11 Å². The van der Waals surface area contributed by atoms with E-state index in [9.17, 15) is 9.22 Å². The van der Waals surface area contributed by atoms with E-state index in [1.165, 1.54) is 12.1 Å². The molecule has 0 bridgehead atoms. The molecular formula is C58H61N3O. The lowest BCUT2D eigenvalue weighted by Gasteiger charge is -2.24. The third kappa shape index (κ3) is 8.23. The maximum Gasteiger partial charge on any atom is 0.149 e. The summed E-state index contributed by atoms with van der Waals surface area (Å²) in [6.07, 6.45) is -0.833. The maximum atomic E-state index is 12.6. The van der Waals surface area contributed by atoms with Gasteiger partial charge in [-0.25, -0.2) is 4.98 Å². The summed E-state index contributed by atoms with van der Waals surface area (Å²) in [5, 5.41) is 12.6. The lowest BCUT2D eigenvalue weighted by molar-refractivity contribution is 0.448. The Kier molecular flexibility index (Phi) is 5.45. The molecule has 6 aromatic carbocycles. The number of pyridine rings is 1. The summed E-state index contributed by atoms with van der Waals surface area (Å²) in [6, 6.07) is 21.9. The third-order valence-electron chi connectivity index (χ3n) is 10.8. The number of aromatic nitrogens is 3. The quantitative estimate of drug-likeness (QED) is 0.181. The standard InChI is InChI=1S/C58H61N3O/c1-55(2,3)42-26-24-37(25-27-42)39-30-31-59-49(35-39)41-32-40(33-44(34-41)57(7,8)9)45-20-17-23-51-52(45)60-54(46-21-16-22-48(53(46)62)58(10,11)12)61(51)50-29-28-43(56(4,5)6)36-47(50)38-18-14-13-15-19-38/h13-36,62H,1-12H3/i1D3,2D3,3D3,10D3,11D3,12D3,24D,25D,26D,27D,30D,31D,35D. The number of nitrogens with zero attached hydrogens (tertiary/aromatic N) is 3. The first-order chi connectivity index (χ1) is 39.6. The SMILES string of the molecule is [2H]c1nc(-c2cc(-c3cccc4c3nc(-c3cccc(C(C([2H])([2H])[2H])(C([2H])([2H])[2H])C([2H])([2H])[2H])c3O)n4-c3ccc(C(C)(C)C)cc3-c3ccccc3)cc(C(C)(C)C)c2)c([2H])c(-c2c([2H])c([2H])c(C(C([2H])([2H])[2H])(C([2H])([2H])[2H])C([2H])([2H])[2H])c([2H])c2[2H])c1[2H]. The molecule has 62 heavy (non-hydrogen) atoms.